The van der Waals surface area contributed by atoms with Gasteiger partial charge in [-0.3, -0.25) is 14.7 Å². The van der Waals surface area contributed by atoms with Crippen LogP contribution >= 0.6 is 0 Å². The summed E-state index contributed by atoms with van der Waals surface area (Å²) in [4.78, 5) is 22.6. The molecule has 5 rings (SSSR count). The molecular formula is C27H28N4O2. The Balaban J connectivity index is 1.34. The lowest BCUT2D eigenvalue weighted by atomic mass is 9.97. The molecule has 0 saturated carbocycles. The number of hydrogen-bond acceptors (Lipinski definition) is 5. The minimum atomic E-state index is -0.686. The summed E-state index contributed by atoms with van der Waals surface area (Å²) in [6, 6.07) is 19.1. The molecular weight excluding hydrogens is 412 g/mol. The zero-order valence-electron chi connectivity index (χ0n) is 18.7. The number of anilines is 1. The van der Waals surface area contributed by atoms with Crippen LogP contribution in [0.25, 0.3) is 21.8 Å². The van der Waals surface area contributed by atoms with Crippen molar-refractivity contribution in [3.8, 4) is 0 Å². The highest BCUT2D eigenvalue weighted by atomic mass is 16.4. The Kier molecular flexibility index (Phi) is 5.68. The molecule has 4 aromatic rings. The first-order chi connectivity index (χ1) is 16.0. The van der Waals surface area contributed by atoms with Crippen LogP contribution in [0.3, 0.4) is 0 Å². The largest absolute Gasteiger partial charge is 0.481 e. The lowest BCUT2D eigenvalue weighted by Gasteiger charge is -2.24. The molecule has 2 aromatic carbocycles. The lowest BCUT2D eigenvalue weighted by molar-refractivity contribution is -0.141. The number of aliphatic carboxylic acids is 1. The molecule has 0 aliphatic carbocycles. The van der Waals surface area contributed by atoms with Crippen LogP contribution in [0, 0.1) is 5.92 Å². The van der Waals surface area contributed by atoms with E-state index in [1.165, 1.54) is 16.7 Å². The van der Waals surface area contributed by atoms with E-state index in [9.17, 15) is 9.90 Å². The first-order valence-corrected chi connectivity index (χ1v) is 11.5. The van der Waals surface area contributed by atoms with Crippen molar-refractivity contribution in [2.45, 2.75) is 32.2 Å². The number of pyridine rings is 2. The van der Waals surface area contributed by atoms with Crippen LogP contribution in [-0.4, -0.2) is 39.0 Å². The van der Waals surface area contributed by atoms with E-state index in [4.69, 9.17) is 5.73 Å². The van der Waals surface area contributed by atoms with Crippen LogP contribution in [0.4, 0.5) is 5.82 Å². The van der Waals surface area contributed by atoms with E-state index in [2.05, 4.69) is 58.2 Å². The standard InChI is InChI=1S/C27H28N4O2/c1-17(31-15-13-21(16-31)27(32)33)19-9-6-18(7-10-19)8-11-20-12-14-29-25-24(20)22-4-2-3-5-23(22)30-26(25)28/h2-7,9-10,12,14,17,21H,8,11,13,15-16H2,1H3,(H2,28,30)(H,32,33). The van der Waals surface area contributed by atoms with Gasteiger partial charge in [-0.25, -0.2) is 4.98 Å². The number of nitrogens with two attached hydrogens (primary N) is 1. The Morgan fingerprint density at radius 2 is 1.94 bits per heavy atom. The summed E-state index contributed by atoms with van der Waals surface area (Å²) in [5.41, 5.74) is 11.6. The number of nitrogen functional groups attached to an aromatic ring is 1. The first kappa shape index (κ1) is 21.3. The Morgan fingerprint density at radius 3 is 2.70 bits per heavy atom. The molecule has 1 aliphatic rings. The fourth-order valence-electron chi connectivity index (χ4n) is 4.96. The zero-order chi connectivity index (χ0) is 22.9. The summed E-state index contributed by atoms with van der Waals surface area (Å²) in [6.45, 7) is 3.62. The van der Waals surface area contributed by atoms with Gasteiger partial charge in [-0.1, -0.05) is 42.5 Å². The van der Waals surface area contributed by atoms with Gasteiger partial charge in [0.15, 0.2) is 5.82 Å². The van der Waals surface area contributed by atoms with E-state index in [0.717, 1.165) is 47.6 Å². The number of hydrogen-bond donors (Lipinski definition) is 2. The van der Waals surface area contributed by atoms with Crippen molar-refractivity contribution >= 4 is 33.6 Å². The molecule has 1 aliphatic heterocycles. The van der Waals surface area contributed by atoms with Crippen molar-refractivity contribution < 1.29 is 9.90 Å². The highest BCUT2D eigenvalue weighted by Gasteiger charge is 2.30. The molecule has 1 fully saturated rings. The van der Waals surface area contributed by atoms with E-state index < -0.39 is 5.97 Å². The van der Waals surface area contributed by atoms with Crippen molar-refractivity contribution in [1.29, 1.82) is 0 Å². The predicted molar refractivity (Wildman–Crippen MR) is 131 cm³/mol. The number of benzene rings is 2. The molecule has 2 aromatic heterocycles. The lowest BCUT2D eigenvalue weighted by Crippen LogP contribution is -2.26. The Labute approximate surface area is 193 Å². The van der Waals surface area contributed by atoms with Gasteiger partial charge in [-0.05, 0) is 61.6 Å². The molecule has 2 unspecified atom stereocenters. The molecule has 6 heteroatoms. The molecule has 0 spiro atoms. The maximum Gasteiger partial charge on any atom is 0.307 e. The smallest absolute Gasteiger partial charge is 0.307 e. The second-order valence-corrected chi connectivity index (χ2v) is 8.94. The predicted octanol–water partition coefficient (Wildman–Crippen LogP) is 4.62. The van der Waals surface area contributed by atoms with Gasteiger partial charge in [-0.15, -0.1) is 0 Å². The van der Waals surface area contributed by atoms with Gasteiger partial charge in [0.25, 0.3) is 0 Å². The maximum absolute atomic E-state index is 11.3. The normalized spacial score (nSPS) is 17.5. The first-order valence-electron chi connectivity index (χ1n) is 11.5. The quantitative estimate of drug-likeness (QED) is 0.425. The number of carboxylic acids is 1. The topological polar surface area (TPSA) is 92.3 Å². The van der Waals surface area contributed by atoms with Crippen LogP contribution in [0.5, 0.6) is 0 Å². The minimum absolute atomic E-state index is 0.217. The fraction of sp³-hybridized carbons (Fsp3) is 0.296. The molecule has 0 bridgehead atoms. The summed E-state index contributed by atoms with van der Waals surface area (Å²) in [5.74, 6) is -0.466. The van der Waals surface area contributed by atoms with E-state index in [1.54, 1.807) is 0 Å². The number of nitrogens with zero attached hydrogens (tertiary/aromatic N) is 3. The third-order valence-corrected chi connectivity index (χ3v) is 6.96. The zero-order valence-corrected chi connectivity index (χ0v) is 18.7. The van der Waals surface area contributed by atoms with Crippen LogP contribution in [0.1, 0.15) is 36.1 Å². The number of fused-ring (bicyclic) bond motifs is 3. The van der Waals surface area contributed by atoms with Crippen LogP contribution in [-0.2, 0) is 17.6 Å². The van der Waals surface area contributed by atoms with Crippen molar-refractivity contribution in [2.24, 2.45) is 5.92 Å². The second kappa shape index (κ2) is 8.79. The Bertz CT molecular complexity index is 1320. The third kappa shape index (κ3) is 4.14. The van der Waals surface area contributed by atoms with E-state index in [-0.39, 0.29) is 12.0 Å². The van der Waals surface area contributed by atoms with E-state index in [1.807, 2.05) is 24.4 Å². The Hall–Kier alpha value is -3.51. The monoisotopic (exact) mass is 440 g/mol. The SMILES string of the molecule is CC(c1ccc(CCc2ccnc3c(N)nc4ccccc4c23)cc1)N1CCC(C(=O)O)C1. The average molecular weight is 441 g/mol. The average Bonchev–Trinajstić information content (AvgIpc) is 3.33. The van der Waals surface area contributed by atoms with Gasteiger partial charge < -0.3 is 10.8 Å². The number of likely N-dealkylation sites (tertiary alicyclic amines) is 1. The van der Waals surface area contributed by atoms with Gasteiger partial charge in [-0.2, -0.15) is 0 Å². The highest BCUT2D eigenvalue weighted by molar-refractivity contribution is 6.09. The van der Waals surface area contributed by atoms with Gasteiger partial charge in [0.2, 0.25) is 0 Å². The number of rotatable bonds is 6. The van der Waals surface area contributed by atoms with Crippen molar-refractivity contribution in [2.75, 3.05) is 18.8 Å². The highest BCUT2D eigenvalue weighted by Crippen LogP contribution is 2.31. The molecule has 3 heterocycles. The van der Waals surface area contributed by atoms with E-state index in [0.29, 0.717) is 12.4 Å². The number of aromatic nitrogens is 2. The van der Waals surface area contributed by atoms with Crippen LogP contribution in [0.15, 0.2) is 60.8 Å². The van der Waals surface area contributed by atoms with Crippen molar-refractivity contribution in [1.82, 2.24) is 14.9 Å². The molecule has 2 atom stereocenters. The summed E-state index contributed by atoms with van der Waals surface area (Å²) in [7, 11) is 0. The summed E-state index contributed by atoms with van der Waals surface area (Å²) in [6.07, 6.45) is 4.34. The Morgan fingerprint density at radius 1 is 1.15 bits per heavy atom. The summed E-state index contributed by atoms with van der Waals surface area (Å²) in [5, 5.41) is 11.4. The summed E-state index contributed by atoms with van der Waals surface area (Å²) >= 11 is 0. The molecule has 0 amide bonds. The van der Waals surface area contributed by atoms with Crippen LogP contribution < -0.4 is 5.73 Å². The van der Waals surface area contributed by atoms with Gasteiger partial charge in [0.1, 0.15) is 5.52 Å². The fourth-order valence-corrected chi connectivity index (χ4v) is 4.96. The van der Waals surface area contributed by atoms with Gasteiger partial charge in [0.05, 0.1) is 11.4 Å². The van der Waals surface area contributed by atoms with Crippen molar-refractivity contribution in [3.63, 3.8) is 0 Å². The molecule has 3 N–H and O–H groups in total. The molecule has 33 heavy (non-hydrogen) atoms. The summed E-state index contributed by atoms with van der Waals surface area (Å²) < 4.78 is 0. The number of aryl methyl sites for hydroxylation is 2. The number of para-hydroxylation sites is 1. The van der Waals surface area contributed by atoms with E-state index >= 15 is 0 Å². The van der Waals surface area contributed by atoms with Gasteiger partial charge in [0, 0.05) is 29.6 Å². The number of carboxylic acid groups (broad SMARTS) is 1. The maximum atomic E-state index is 11.3. The van der Waals surface area contributed by atoms with Gasteiger partial charge >= 0.3 is 5.97 Å². The second-order valence-electron chi connectivity index (χ2n) is 8.94. The molecule has 168 valence electrons. The molecule has 1 saturated heterocycles. The molecule has 0 radical (unpaired) electrons. The molecule has 6 nitrogen and oxygen atoms in total. The minimum Gasteiger partial charge on any atom is -0.481 e. The van der Waals surface area contributed by atoms with Crippen LogP contribution in [0.2, 0.25) is 0 Å². The third-order valence-electron chi connectivity index (χ3n) is 6.96. The number of carbonyl (C=O) groups is 1. The van der Waals surface area contributed by atoms with Crippen molar-refractivity contribution in [3.05, 3.63) is 77.5 Å².